The lowest BCUT2D eigenvalue weighted by Crippen LogP contribution is -2.34. The van der Waals surface area contributed by atoms with Gasteiger partial charge in [0.25, 0.3) is 0 Å². The van der Waals surface area contributed by atoms with Gasteiger partial charge in [0.1, 0.15) is 5.75 Å². The van der Waals surface area contributed by atoms with Crippen LogP contribution < -0.4 is 0 Å². The summed E-state index contributed by atoms with van der Waals surface area (Å²) in [6, 6.07) is 18.8. The highest BCUT2D eigenvalue weighted by Gasteiger charge is 2.38. The molecule has 122 valence electrons. The van der Waals surface area contributed by atoms with Crippen molar-refractivity contribution in [1.29, 1.82) is 0 Å². The van der Waals surface area contributed by atoms with Crippen LogP contribution >= 0.6 is 0 Å². The standard InChI is InChI=1S/C22H28O/c1-16-9-12-19(22(2,3)18-7-5-4-6-8-18)15-21(16)17-10-13-20(23)14-11-17/h4-8,10-11,13-14,16,19,21,23H,9,12,15H2,1-3H3. The molecule has 1 fully saturated rings. The minimum atomic E-state index is 0.205. The normalized spacial score (nSPS) is 25.3. The van der Waals surface area contributed by atoms with Crippen molar-refractivity contribution in [3.63, 3.8) is 0 Å². The van der Waals surface area contributed by atoms with Crippen molar-refractivity contribution in [3.8, 4) is 5.75 Å². The Hall–Kier alpha value is -1.76. The van der Waals surface area contributed by atoms with Crippen molar-refractivity contribution in [3.05, 3.63) is 65.7 Å². The molecule has 1 saturated carbocycles. The van der Waals surface area contributed by atoms with Crippen LogP contribution in [-0.4, -0.2) is 5.11 Å². The van der Waals surface area contributed by atoms with Gasteiger partial charge in [0.2, 0.25) is 0 Å². The number of hydrogen-bond acceptors (Lipinski definition) is 1. The highest BCUT2D eigenvalue weighted by atomic mass is 16.3. The fraction of sp³-hybridized carbons (Fsp3) is 0.455. The molecule has 1 N–H and O–H groups in total. The third-order valence-electron chi connectivity index (χ3n) is 6.06. The topological polar surface area (TPSA) is 20.2 Å². The fourth-order valence-corrected chi connectivity index (χ4v) is 4.27. The molecule has 0 radical (unpaired) electrons. The van der Waals surface area contributed by atoms with Gasteiger partial charge in [-0.1, -0.05) is 63.2 Å². The Balaban J connectivity index is 1.84. The largest absolute Gasteiger partial charge is 0.508 e. The lowest BCUT2D eigenvalue weighted by Gasteiger charge is -2.43. The fourth-order valence-electron chi connectivity index (χ4n) is 4.27. The third kappa shape index (κ3) is 3.29. The van der Waals surface area contributed by atoms with Gasteiger partial charge >= 0.3 is 0 Å². The Morgan fingerprint density at radius 2 is 1.57 bits per heavy atom. The Morgan fingerprint density at radius 1 is 0.913 bits per heavy atom. The van der Waals surface area contributed by atoms with Crippen LogP contribution in [-0.2, 0) is 5.41 Å². The number of rotatable bonds is 3. The Morgan fingerprint density at radius 3 is 2.22 bits per heavy atom. The van der Waals surface area contributed by atoms with Crippen LogP contribution in [0.2, 0.25) is 0 Å². The van der Waals surface area contributed by atoms with E-state index in [0.717, 1.165) is 0 Å². The smallest absolute Gasteiger partial charge is 0.115 e. The maximum atomic E-state index is 9.55. The number of hydrogen-bond donors (Lipinski definition) is 1. The summed E-state index contributed by atoms with van der Waals surface area (Å²) in [6.45, 7) is 7.18. The van der Waals surface area contributed by atoms with Crippen molar-refractivity contribution in [2.75, 3.05) is 0 Å². The van der Waals surface area contributed by atoms with Gasteiger partial charge in [0, 0.05) is 0 Å². The first kappa shape index (κ1) is 16.1. The molecule has 1 aliphatic carbocycles. The van der Waals surface area contributed by atoms with Crippen LogP contribution in [0, 0.1) is 11.8 Å². The highest BCUT2D eigenvalue weighted by molar-refractivity contribution is 5.30. The molecular formula is C22H28O. The molecule has 3 unspecified atom stereocenters. The van der Waals surface area contributed by atoms with Crippen LogP contribution in [0.15, 0.2) is 54.6 Å². The number of phenols is 1. The monoisotopic (exact) mass is 308 g/mol. The molecule has 0 aromatic heterocycles. The van der Waals surface area contributed by atoms with Gasteiger partial charge < -0.3 is 5.11 Å². The van der Waals surface area contributed by atoms with Gasteiger partial charge in [0.05, 0.1) is 0 Å². The third-order valence-corrected chi connectivity index (χ3v) is 6.06. The van der Waals surface area contributed by atoms with Crippen LogP contribution in [0.1, 0.15) is 57.1 Å². The van der Waals surface area contributed by atoms with Gasteiger partial charge in [-0.3, -0.25) is 0 Å². The molecule has 0 spiro atoms. The molecule has 0 amide bonds. The van der Waals surface area contributed by atoms with E-state index in [9.17, 15) is 5.11 Å². The molecule has 0 bridgehead atoms. The van der Waals surface area contributed by atoms with Gasteiger partial charge in [-0.2, -0.15) is 0 Å². The molecule has 0 heterocycles. The molecule has 0 aliphatic heterocycles. The average Bonchev–Trinajstić information content (AvgIpc) is 2.57. The molecular weight excluding hydrogens is 280 g/mol. The molecule has 3 rings (SSSR count). The first-order valence-electron chi connectivity index (χ1n) is 8.83. The van der Waals surface area contributed by atoms with Crippen molar-refractivity contribution >= 4 is 0 Å². The van der Waals surface area contributed by atoms with E-state index in [-0.39, 0.29) is 5.41 Å². The molecule has 23 heavy (non-hydrogen) atoms. The average molecular weight is 308 g/mol. The number of phenolic OH excluding ortho intramolecular Hbond substituents is 1. The van der Waals surface area contributed by atoms with E-state index in [2.05, 4.69) is 63.2 Å². The summed E-state index contributed by atoms with van der Waals surface area (Å²) in [5, 5.41) is 9.55. The zero-order chi connectivity index (χ0) is 16.4. The maximum absolute atomic E-state index is 9.55. The maximum Gasteiger partial charge on any atom is 0.115 e. The van der Waals surface area contributed by atoms with Gasteiger partial charge in [-0.05, 0) is 65.7 Å². The van der Waals surface area contributed by atoms with E-state index in [1.807, 2.05) is 12.1 Å². The van der Waals surface area contributed by atoms with E-state index in [1.165, 1.54) is 30.4 Å². The van der Waals surface area contributed by atoms with E-state index in [4.69, 9.17) is 0 Å². The number of benzene rings is 2. The molecule has 1 aliphatic rings. The quantitative estimate of drug-likeness (QED) is 0.749. The van der Waals surface area contributed by atoms with Crippen molar-refractivity contribution < 1.29 is 5.11 Å². The summed E-state index contributed by atoms with van der Waals surface area (Å²) in [4.78, 5) is 0. The molecule has 3 atom stereocenters. The summed E-state index contributed by atoms with van der Waals surface area (Å²) >= 11 is 0. The van der Waals surface area contributed by atoms with Crippen molar-refractivity contribution in [2.45, 2.75) is 51.4 Å². The van der Waals surface area contributed by atoms with E-state index in [1.54, 1.807) is 0 Å². The zero-order valence-corrected chi connectivity index (χ0v) is 14.5. The van der Waals surface area contributed by atoms with E-state index >= 15 is 0 Å². The minimum Gasteiger partial charge on any atom is -0.508 e. The van der Waals surface area contributed by atoms with Crippen molar-refractivity contribution in [1.82, 2.24) is 0 Å². The summed E-state index contributed by atoms with van der Waals surface area (Å²) in [7, 11) is 0. The van der Waals surface area contributed by atoms with E-state index in [0.29, 0.717) is 23.5 Å². The molecule has 2 aromatic carbocycles. The predicted octanol–water partition coefficient (Wildman–Crippen LogP) is 5.89. The molecule has 1 nitrogen and oxygen atoms in total. The van der Waals surface area contributed by atoms with E-state index < -0.39 is 0 Å². The second-order valence-electron chi connectivity index (χ2n) is 7.77. The number of aromatic hydroxyl groups is 1. The predicted molar refractivity (Wildman–Crippen MR) is 96.8 cm³/mol. The first-order chi connectivity index (χ1) is 11.0. The zero-order valence-electron chi connectivity index (χ0n) is 14.5. The van der Waals surface area contributed by atoms with Crippen LogP contribution in [0.4, 0.5) is 0 Å². The summed E-state index contributed by atoms with van der Waals surface area (Å²) in [6.07, 6.45) is 3.82. The Kier molecular flexibility index (Phi) is 4.48. The Labute approximate surface area is 140 Å². The summed E-state index contributed by atoms with van der Waals surface area (Å²) in [5.74, 6) is 2.36. The summed E-state index contributed by atoms with van der Waals surface area (Å²) < 4.78 is 0. The Bertz CT molecular complexity index is 627. The highest BCUT2D eigenvalue weighted by Crippen LogP contribution is 2.48. The second-order valence-corrected chi connectivity index (χ2v) is 7.77. The molecule has 1 heteroatoms. The van der Waals surface area contributed by atoms with Crippen LogP contribution in [0.25, 0.3) is 0 Å². The molecule has 0 saturated heterocycles. The minimum absolute atomic E-state index is 0.205. The van der Waals surface area contributed by atoms with Crippen molar-refractivity contribution in [2.24, 2.45) is 11.8 Å². The lowest BCUT2D eigenvalue weighted by atomic mass is 9.62. The summed E-state index contributed by atoms with van der Waals surface area (Å²) in [5.41, 5.74) is 3.03. The van der Waals surface area contributed by atoms with Gasteiger partial charge in [-0.15, -0.1) is 0 Å². The molecule has 2 aromatic rings. The SMILES string of the molecule is CC1CCC(C(C)(C)c2ccccc2)CC1c1ccc(O)cc1. The second kappa shape index (κ2) is 6.39. The van der Waals surface area contributed by atoms with Gasteiger partial charge in [0.15, 0.2) is 0 Å². The van der Waals surface area contributed by atoms with Gasteiger partial charge in [-0.25, -0.2) is 0 Å². The lowest BCUT2D eigenvalue weighted by molar-refractivity contribution is 0.177. The first-order valence-corrected chi connectivity index (χ1v) is 8.83. The van der Waals surface area contributed by atoms with Crippen LogP contribution in [0.3, 0.4) is 0 Å². The van der Waals surface area contributed by atoms with Crippen LogP contribution in [0.5, 0.6) is 5.75 Å².